The molecule has 0 radical (unpaired) electrons. The minimum absolute atomic E-state index is 0.0707. The van der Waals surface area contributed by atoms with Gasteiger partial charge in [-0.3, -0.25) is 14.5 Å². The molecule has 1 saturated carbocycles. The van der Waals surface area contributed by atoms with Crippen molar-refractivity contribution in [1.29, 1.82) is 0 Å². The Morgan fingerprint density at radius 1 is 1.22 bits per heavy atom. The number of nitrogens with zero attached hydrogens (tertiary/aromatic N) is 1. The van der Waals surface area contributed by atoms with E-state index in [1.165, 1.54) is 32.6 Å². The molecule has 1 aliphatic rings. The molecule has 0 spiro atoms. The van der Waals surface area contributed by atoms with E-state index in [2.05, 4.69) is 26.1 Å². The van der Waals surface area contributed by atoms with Gasteiger partial charge in [0.25, 0.3) is 0 Å². The monoisotopic (exact) mass is 326 g/mol. The van der Waals surface area contributed by atoms with Gasteiger partial charge in [0.1, 0.15) is 6.04 Å². The number of rotatable bonds is 7. The summed E-state index contributed by atoms with van der Waals surface area (Å²) < 4.78 is 0. The predicted octanol–water partition coefficient (Wildman–Crippen LogP) is 2.75. The van der Waals surface area contributed by atoms with Crippen LogP contribution in [0.4, 0.5) is 0 Å². The first kappa shape index (κ1) is 19.9. The average Bonchev–Trinajstić information content (AvgIpc) is 2.44. The van der Waals surface area contributed by atoms with Crippen molar-refractivity contribution in [2.45, 2.75) is 66.3 Å². The van der Waals surface area contributed by atoms with E-state index >= 15 is 0 Å². The highest BCUT2D eigenvalue weighted by atomic mass is 16.4. The van der Waals surface area contributed by atoms with Gasteiger partial charge in [0, 0.05) is 26.6 Å². The van der Waals surface area contributed by atoms with Gasteiger partial charge in [-0.25, -0.2) is 0 Å². The Hall–Kier alpha value is -1.10. The Balaban J connectivity index is 2.53. The van der Waals surface area contributed by atoms with Crippen molar-refractivity contribution in [3.63, 3.8) is 0 Å². The highest BCUT2D eigenvalue weighted by molar-refractivity contribution is 5.73. The maximum Gasteiger partial charge on any atom is 0.320 e. The molecule has 1 rings (SSSR count). The van der Waals surface area contributed by atoms with Crippen molar-refractivity contribution in [3.8, 4) is 0 Å². The molecule has 0 aliphatic heterocycles. The summed E-state index contributed by atoms with van der Waals surface area (Å²) in [5.74, 6) is 0.464. The quantitative estimate of drug-likeness (QED) is 0.755. The number of aliphatic carboxylic acids is 1. The van der Waals surface area contributed by atoms with Crippen LogP contribution in [-0.4, -0.2) is 47.6 Å². The molecular weight excluding hydrogens is 292 g/mol. The van der Waals surface area contributed by atoms with Gasteiger partial charge in [0.15, 0.2) is 0 Å². The molecule has 0 saturated heterocycles. The van der Waals surface area contributed by atoms with Gasteiger partial charge < -0.3 is 10.4 Å². The summed E-state index contributed by atoms with van der Waals surface area (Å²) in [5, 5.41) is 12.1. The van der Waals surface area contributed by atoms with Crippen LogP contribution in [0.15, 0.2) is 0 Å². The third-order valence-corrected chi connectivity index (χ3v) is 5.24. The van der Waals surface area contributed by atoms with E-state index in [1.807, 2.05) is 4.90 Å². The van der Waals surface area contributed by atoms with Crippen molar-refractivity contribution < 1.29 is 14.7 Å². The number of nitrogens with one attached hydrogen (secondary N) is 1. The van der Waals surface area contributed by atoms with E-state index < -0.39 is 12.0 Å². The molecule has 1 aliphatic carbocycles. The van der Waals surface area contributed by atoms with Crippen LogP contribution < -0.4 is 5.32 Å². The van der Waals surface area contributed by atoms with Crippen LogP contribution in [0.1, 0.15) is 60.3 Å². The zero-order valence-corrected chi connectivity index (χ0v) is 15.4. The van der Waals surface area contributed by atoms with Crippen LogP contribution in [0.5, 0.6) is 0 Å². The zero-order valence-electron chi connectivity index (χ0n) is 15.4. The number of carboxylic acid groups (broad SMARTS) is 1. The lowest BCUT2D eigenvalue weighted by molar-refractivity contribution is -0.142. The highest BCUT2D eigenvalue weighted by Gasteiger charge is 2.31. The zero-order chi connectivity index (χ0) is 17.6. The van der Waals surface area contributed by atoms with Crippen molar-refractivity contribution >= 4 is 11.9 Å². The minimum atomic E-state index is -0.795. The topological polar surface area (TPSA) is 69.6 Å². The summed E-state index contributed by atoms with van der Waals surface area (Å²) in [7, 11) is 0. The number of amides is 1. The molecule has 2 N–H and O–H groups in total. The molecule has 5 nitrogen and oxygen atoms in total. The van der Waals surface area contributed by atoms with Crippen LogP contribution in [-0.2, 0) is 9.59 Å². The molecule has 23 heavy (non-hydrogen) atoms. The molecular formula is C18H34N2O3. The summed E-state index contributed by atoms with van der Waals surface area (Å²) in [6, 6.07) is -0.510. The molecule has 134 valence electrons. The molecule has 0 aromatic heterocycles. The molecule has 5 heteroatoms. The Labute approximate surface area is 140 Å². The van der Waals surface area contributed by atoms with Gasteiger partial charge in [-0.05, 0) is 49.9 Å². The molecule has 0 bridgehead atoms. The molecule has 0 aromatic carbocycles. The fourth-order valence-corrected chi connectivity index (χ4v) is 3.52. The Morgan fingerprint density at radius 3 is 2.22 bits per heavy atom. The van der Waals surface area contributed by atoms with E-state index in [9.17, 15) is 14.7 Å². The highest BCUT2D eigenvalue weighted by Crippen LogP contribution is 2.40. The Bertz CT molecular complexity index is 396. The van der Waals surface area contributed by atoms with Gasteiger partial charge in [-0.15, -0.1) is 0 Å². The van der Waals surface area contributed by atoms with Crippen LogP contribution in [0.2, 0.25) is 0 Å². The van der Waals surface area contributed by atoms with Crippen LogP contribution in [0, 0.1) is 17.3 Å². The molecule has 0 aromatic rings. The second kappa shape index (κ2) is 8.67. The van der Waals surface area contributed by atoms with E-state index in [0.717, 1.165) is 12.5 Å². The largest absolute Gasteiger partial charge is 0.480 e. The third kappa shape index (κ3) is 6.90. The van der Waals surface area contributed by atoms with Crippen LogP contribution in [0.25, 0.3) is 0 Å². The van der Waals surface area contributed by atoms with Gasteiger partial charge in [-0.2, -0.15) is 0 Å². The first-order valence-corrected chi connectivity index (χ1v) is 8.82. The smallest absolute Gasteiger partial charge is 0.320 e. The Morgan fingerprint density at radius 2 is 1.78 bits per heavy atom. The van der Waals surface area contributed by atoms with Crippen molar-refractivity contribution in [3.05, 3.63) is 0 Å². The second-order valence-corrected chi connectivity index (χ2v) is 8.08. The van der Waals surface area contributed by atoms with Crippen LogP contribution in [0.3, 0.4) is 0 Å². The Kier molecular flexibility index (Phi) is 7.52. The van der Waals surface area contributed by atoms with Crippen LogP contribution >= 0.6 is 0 Å². The first-order chi connectivity index (χ1) is 10.6. The summed E-state index contributed by atoms with van der Waals surface area (Å²) in [6.07, 6.45) is 4.81. The number of carboxylic acids is 1. The van der Waals surface area contributed by atoms with Crippen molar-refractivity contribution in [1.82, 2.24) is 10.2 Å². The summed E-state index contributed by atoms with van der Waals surface area (Å²) in [6.45, 7) is 12.1. The summed E-state index contributed by atoms with van der Waals surface area (Å²) in [4.78, 5) is 24.3. The lowest BCUT2D eigenvalue weighted by atomic mass is 9.70. The molecule has 1 unspecified atom stereocenters. The van der Waals surface area contributed by atoms with Crippen molar-refractivity contribution in [2.75, 3.05) is 19.6 Å². The fraction of sp³-hybridized carbons (Fsp3) is 0.889. The number of carbonyl (C=O) groups excluding carboxylic acids is 1. The van der Waals surface area contributed by atoms with E-state index in [4.69, 9.17) is 0 Å². The molecule has 0 heterocycles. The fourth-order valence-electron chi connectivity index (χ4n) is 3.52. The average molecular weight is 326 g/mol. The number of hydrogen-bond donors (Lipinski definition) is 2. The van der Waals surface area contributed by atoms with Gasteiger partial charge in [0.2, 0.25) is 5.91 Å². The summed E-state index contributed by atoms with van der Waals surface area (Å²) in [5.41, 5.74) is 0.365. The van der Waals surface area contributed by atoms with E-state index in [-0.39, 0.29) is 5.91 Å². The molecule has 1 amide bonds. The van der Waals surface area contributed by atoms with Crippen molar-refractivity contribution in [2.24, 2.45) is 17.3 Å². The standard InChI is InChI=1S/C18H34N2O3/c1-13(17(22)23)20(11-10-19-14(2)21)12-15-6-8-16(9-7-15)18(3,4)5/h13,15-16H,6-12H2,1-5H3,(H,19,21)(H,22,23). The first-order valence-electron chi connectivity index (χ1n) is 8.82. The number of hydrogen-bond acceptors (Lipinski definition) is 3. The van der Waals surface area contributed by atoms with Gasteiger partial charge in [-0.1, -0.05) is 20.8 Å². The second-order valence-electron chi connectivity index (χ2n) is 8.08. The maximum absolute atomic E-state index is 11.3. The normalized spacial score (nSPS) is 23.6. The van der Waals surface area contributed by atoms with E-state index in [1.54, 1.807) is 6.92 Å². The number of carbonyl (C=O) groups is 2. The van der Waals surface area contributed by atoms with Gasteiger partial charge in [0.05, 0.1) is 0 Å². The lowest BCUT2D eigenvalue weighted by Gasteiger charge is -2.39. The summed E-state index contributed by atoms with van der Waals surface area (Å²) >= 11 is 0. The van der Waals surface area contributed by atoms with E-state index in [0.29, 0.717) is 24.4 Å². The van der Waals surface area contributed by atoms with Gasteiger partial charge >= 0.3 is 5.97 Å². The molecule has 1 fully saturated rings. The lowest BCUT2D eigenvalue weighted by Crippen LogP contribution is -2.46. The maximum atomic E-state index is 11.3. The minimum Gasteiger partial charge on any atom is -0.480 e. The predicted molar refractivity (Wildman–Crippen MR) is 92.3 cm³/mol. The third-order valence-electron chi connectivity index (χ3n) is 5.24. The SMILES string of the molecule is CC(=O)NCCN(CC1CCC(C(C)(C)C)CC1)C(C)C(=O)O. The molecule has 1 atom stereocenters.